The average molecular weight is 340 g/mol. The summed E-state index contributed by atoms with van der Waals surface area (Å²) in [6.45, 7) is 6.90. The van der Waals surface area contributed by atoms with Crippen LogP contribution in [0.1, 0.15) is 27.7 Å². The van der Waals surface area contributed by atoms with E-state index in [9.17, 15) is 9.36 Å². The summed E-state index contributed by atoms with van der Waals surface area (Å²) in [6, 6.07) is 6.53. The molecular formula is C16H21O6P. The van der Waals surface area contributed by atoms with Crippen molar-refractivity contribution in [2.45, 2.75) is 39.9 Å². The topological polar surface area (TPSA) is 75.0 Å². The van der Waals surface area contributed by atoms with Crippen LogP contribution in [0, 0.1) is 0 Å². The van der Waals surface area contributed by atoms with Crippen LogP contribution >= 0.6 is 7.60 Å². The molecule has 0 aliphatic heterocycles. The lowest BCUT2D eigenvalue weighted by atomic mass is 10.2. The Hall–Kier alpha value is -1.62. The molecule has 0 bridgehead atoms. The SMILES string of the molecule is COc1ccc2cc(P(=O)(OC(C)C)OC(C)C)c(=O)oc2c1. The van der Waals surface area contributed by atoms with Gasteiger partial charge in [0.2, 0.25) is 0 Å². The maximum Gasteiger partial charge on any atom is 0.369 e. The highest BCUT2D eigenvalue weighted by atomic mass is 31.2. The smallest absolute Gasteiger partial charge is 0.369 e. The second-order valence-corrected chi connectivity index (χ2v) is 7.53. The van der Waals surface area contributed by atoms with Crippen molar-refractivity contribution < 1.29 is 22.8 Å². The summed E-state index contributed by atoms with van der Waals surface area (Å²) < 4.78 is 34.4. The number of benzene rings is 1. The van der Waals surface area contributed by atoms with Gasteiger partial charge in [-0.05, 0) is 45.9 Å². The van der Waals surface area contributed by atoms with E-state index in [-0.39, 0.29) is 17.5 Å². The van der Waals surface area contributed by atoms with Crippen molar-refractivity contribution in [1.82, 2.24) is 0 Å². The Bertz CT molecular complexity index is 779. The molecule has 0 aliphatic rings. The molecule has 0 N–H and O–H groups in total. The van der Waals surface area contributed by atoms with Crippen LogP contribution in [0.25, 0.3) is 11.0 Å². The molecule has 2 aromatic rings. The van der Waals surface area contributed by atoms with Crippen molar-refractivity contribution >= 4 is 23.9 Å². The zero-order chi connectivity index (χ0) is 17.2. The predicted octanol–water partition coefficient (Wildman–Crippen LogP) is 3.47. The second-order valence-electron chi connectivity index (χ2n) is 5.63. The fourth-order valence-corrected chi connectivity index (χ4v) is 4.05. The molecule has 0 saturated carbocycles. The van der Waals surface area contributed by atoms with Crippen LogP contribution in [0.2, 0.25) is 0 Å². The highest BCUT2D eigenvalue weighted by Gasteiger charge is 2.34. The van der Waals surface area contributed by atoms with Gasteiger partial charge in [0.1, 0.15) is 11.3 Å². The first-order valence-corrected chi connectivity index (χ1v) is 8.88. The van der Waals surface area contributed by atoms with Gasteiger partial charge in [-0.2, -0.15) is 0 Å². The van der Waals surface area contributed by atoms with Gasteiger partial charge in [-0.25, -0.2) is 4.79 Å². The summed E-state index contributed by atoms with van der Waals surface area (Å²) in [5.41, 5.74) is -0.394. The third kappa shape index (κ3) is 4.02. The van der Waals surface area contributed by atoms with E-state index in [4.69, 9.17) is 18.2 Å². The molecule has 1 aromatic heterocycles. The molecule has 0 saturated heterocycles. The van der Waals surface area contributed by atoms with Crippen LogP contribution in [0.5, 0.6) is 5.75 Å². The van der Waals surface area contributed by atoms with Crippen LogP contribution in [0.15, 0.2) is 33.5 Å². The van der Waals surface area contributed by atoms with Crippen molar-refractivity contribution in [3.05, 3.63) is 34.7 Å². The van der Waals surface area contributed by atoms with Crippen molar-refractivity contribution in [2.24, 2.45) is 0 Å². The fourth-order valence-electron chi connectivity index (χ4n) is 2.09. The Kier molecular flexibility index (Phi) is 5.30. The Morgan fingerprint density at radius 1 is 1.04 bits per heavy atom. The Labute approximate surface area is 134 Å². The molecule has 0 atom stereocenters. The molecule has 0 fully saturated rings. The van der Waals surface area contributed by atoms with Gasteiger partial charge in [-0.3, -0.25) is 4.57 Å². The predicted molar refractivity (Wildman–Crippen MR) is 88.7 cm³/mol. The van der Waals surface area contributed by atoms with Crippen LogP contribution < -0.4 is 15.7 Å². The van der Waals surface area contributed by atoms with Crippen molar-refractivity contribution in [1.29, 1.82) is 0 Å². The normalized spacial score (nSPS) is 12.3. The average Bonchev–Trinajstić information content (AvgIpc) is 2.43. The minimum Gasteiger partial charge on any atom is -0.497 e. The van der Waals surface area contributed by atoms with E-state index in [1.54, 1.807) is 45.9 Å². The van der Waals surface area contributed by atoms with E-state index in [1.165, 1.54) is 13.2 Å². The van der Waals surface area contributed by atoms with Crippen molar-refractivity contribution in [3.63, 3.8) is 0 Å². The molecular weight excluding hydrogens is 319 g/mol. The lowest BCUT2D eigenvalue weighted by molar-refractivity contribution is 0.149. The zero-order valence-corrected chi connectivity index (χ0v) is 14.8. The lowest BCUT2D eigenvalue weighted by Gasteiger charge is -2.22. The molecule has 0 spiro atoms. The van der Waals surface area contributed by atoms with E-state index >= 15 is 0 Å². The molecule has 1 heterocycles. The van der Waals surface area contributed by atoms with Crippen molar-refractivity contribution in [2.75, 3.05) is 7.11 Å². The minimum atomic E-state index is -3.78. The number of hydrogen-bond acceptors (Lipinski definition) is 6. The number of ether oxygens (including phenoxy) is 1. The number of rotatable bonds is 6. The van der Waals surface area contributed by atoms with Crippen LogP contribution in [-0.4, -0.2) is 19.3 Å². The lowest BCUT2D eigenvalue weighted by Crippen LogP contribution is -2.28. The molecule has 6 nitrogen and oxygen atoms in total. The van der Waals surface area contributed by atoms with E-state index in [2.05, 4.69) is 0 Å². The van der Waals surface area contributed by atoms with Gasteiger partial charge in [-0.1, -0.05) is 0 Å². The van der Waals surface area contributed by atoms with Crippen molar-refractivity contribution in [3.8, 4) is 5.75 Å². The van der Waals surface area contributed by atoms with Gasteiger partial charge in [0.05, 0.1) is 19.3 Å². The van der Waals surface area contributed by atoms with E-state index in [1.807, 2.05) is 0 Å². The monoisotopic (exact) mass is 340 g/mol. The molecule has 0 aliphatic carbocycles. The second kappa shape index (κ2) is 6.87. The summed E-state index contributed by atoms with van der Waals surface area (Å²) >= 11 is 0. The van der Waals surface area contributed by atoms with Crippen LogP contribution in [0.4, 0.5) is 0 Å². The summed E-state index contributed by atoms with van der Waals surface area (Å²) in [5.74, 6) is 0.563. The van der Waals surface area contributed by atoms with E-state index in [0.29, 0.717) is 16.7 Å². The van der Waals surface area contributed by atoms with Gasteiger partial charge in [0, 0.05) is 11.5 Å². The third-order valence-corrected chi connectivity index (χ3v) is 5.22. The van der Waals surface area contributed by atoms with Crippen LogP contribution in [0.3, 0.4) is 0 Å². The molecule has 23 heavy (non-hydrogen) atoms. The Morgan fingerprint density at radius 2 is 1.65 bits per heavy atom. The van der Waals surface area contributed by atoms with Gasteiger partial charge in [-0.15, -0.1) is 0 Å². The maximum absolute atomic E-state index is 13.1. The van der Waals surface area contributed by atoms with Gasteiger partial charge >= 0.3 is 13.2 Å². The van der Waals surface area contributed by atoms with Gasteiger partial charge in [0.25, 0.3) is 0 Å². The summed E-state index contributed by atoms with van der Waals surface area (Å²) in [4.78, 5) is 12.3. The molecule has 0 amide bonds. The quantitative estimate of drug-likeness (QED) is 0.592. The summed E-state index contributed by atoms with van der Waals surface area (Å²) in [6.07, 6.45) is -0.740. The van der Waals surface area contributed by atoms with Crippen LogP contribution in [-0.2, 0) is 13.6 Å². The minimum absolute atomic E-state index is 0.0995. The molecule has 7 heteroatoms. The highest BCUT2D eigenvalue weighted by Crippen LogP contribution is 2.48. The number of hydrogen-bond donors (Lipinski definition) is 0. The largest absolute Gasteiger partial charge is 0.497 e. The molecule has 2 rings (SSSR count). The van der Waals surface area contributed by atoms with E-state index < -0.39 is 13.2 Å². The first kappa shape index (κ1) is 17.7. The Morgan fingerprint density at radius 3 is 2.17 bits per heavy atom. The van der Waals surface area contributed by atoms with E-state index in [0.717, 1.165) is 0 Å². The Balaban J connectivity index is 2.61. The molecule has 0 unspecified atom stereocenters. The standard InChI is InChI=1S/C16H21O6P/c1-10(2)21-23(18,22-11(3)4)15-8-12-6-7-13(19-5)9-14(12)20-16(15)17/h6-11H,1-5H3. The summed E-state index contributed by atoms with van der Waals surface area (Å²) in [5, 5.41) is 0.512. The molecule has 126 valence electrons. The number of fused-ring (bicyclic) bond motifs is 1. The fraction of sp³-hybridized carbons (Fsp3) is 0.438. The molecule has 1 aromatic carbocycles. The first-order chi connectivity index (χ1) is 10.7. The maximum atomic E-state index is 13.1. The number of methoxy groups -OCH3 is 1. The highest BCUT2D eigenvalue weighted by molar-refractivity contribution is 7.62. The van der Waals surface area contributed by atoms with Gasteiger partial charge in [0.15, 0.2) is 5.30 Å². The van der Waals surface area contributed by atoms with Gasteiger partial charge < -0.3 is 18.2 Å². The first-order valence-electron chi connectivity index (χ1n) is 7.34. The third-order valence-electron chi connectivity index (χ3n) is 2.92. The summed E-state index contributed by atoms with van der Waals surface area (Å²) in [7, 11) is -2.26. The zero-order valence-electron chi connectivity index (χ0n) is 13.9. The molecule has 0 radical (unpaired) electrons.